The highest BCUT2D eigenvalue weighted by atomic mass is 16.6. The lowest BCUT2D eigenvalue weighted by Gasteiger charge is -2.17. The van der Waals surface area contributed by atoms with Gasteiger partial charge in [-0.3, -0.25) is 9.78 Å². The summed E-state index contributed by atoms with van der Waals surface area (Å²) in [6.45, 7) is -0.269. The van der Waals surface area contributed by atoms with Crippen molar-refractivity contribution in [3.8, 4) is 11.1 Å². The van der Waals surface area contributed by atoms with E-state index in [2.05, 4.69) is 32.2 Å². The molecule has 9 N–H and O–H groups in total. The fraction of sp³-hybridized carbons (Fsp3) is 0.243. The van der Waals surface area contributed by atoms with E-state index in [9.17, 15) is 19.5 Å². The number of alkyl carbamates (subject to hydrolysis) is 1. The van der Waals surface area contributed by atoms with Gasteiger partial charge in [-0.05, 0) is 46.0 Å². The van der Waals surface area contributed by atoms with Crippen LogP contribution in [0.2, 0.25) is 0 Å². The molecule has 5 atom stereocenters. The van der Waals surface area contributed by atoms with Gasteiger partial charge in [-0.25, -0.2) is 9.59 Å². The smallest absolute Gasteiger partial charge is 0.407 e. The molecule has 1 fully saturated rings. The molecule has 14 heteroatoms. The third kappa shape index (κ3) is 8.75. The van der Waals surface area contributed by atoms with Crippen LogP contribution in [0.3, 0.4) is 0 Å². The fourth-order valence-corrected chi connectivity index (χ4v) is 5.89. The van der Waals surface area contributed by atoms with Gasteiger partial charge in [0.25, 0.3) is 0 Å². The van der Waals surface area contributed by atoms with Crippen molar-refractivity contribution in [1.29, 1.82) is 0 Å². The van der Waals surface area contributed by atoms with Crippen LogP contribution in [0.5, 0.6) is 0 Å². The van der Waals surface area contributed by atoms with Gasteiger partial charge in [0, 0.05) is 41.8 Å². The molecular formula is C37H38N4O10. The van der Waals surface area contributed by atoms with Gasteiger partial charge in [0.2, 0.25) is 5.91 Å². The van der Waals surface area contributed by atoms with Crippen LogP contribution >= 0.6 is 0 Å². The second kappa shape index (κ2) is 16.8. The number of aliphatic hydroxyl groups is 4. The molecule has 1 aliphatic heterocycles. The van der Waals surface area contributed by atoms with Crippen molar-refractivity contribution in [2.24, 2.45) is 5.73 Å². The molecule has 2 aromatic heterocycles. The van der Waals surface area contributed by atoms with E-state index < -0.39 is 55.2 Å². The van der Waals surface area contributed by atoms with Crippen LogP contribution in [0.1, 0.15) is 33.0 Å². The van der Waals surface area contributed by atoms with Crippen molar-refractivity contribution in [2.75, 3.05) is 13.2 Å². The number of amides is 2. The number of fused-ring (bicyclic) bond motifs is 4. The molecule has 3 heterocycles. The summed E-state index contributed by atoms with van der Waals surface area (Å²) >= 11 is 0. The van der Waals surface area contributed by atoms with Crippen LogP contribution in [-0.2, 0) is 20.7 Å². The van der Waals surface area contributed by atoms with E-state index >= 15 is 0 Å². The lowest BCUT2D eigenvalue weighted by molar-refractivity contribution is -0.139. The number of carbonyl (C=O) groups excluding carboxylic acids is 2. The molecule has 266 valence electrons. The number of hydrogen-bond acceptors (Lipinski definition) is 10. The van der Waals surface area contributed by atoms with Gasteiger partial charge >= 0.3 is 12.1 Å². The van der Waals surface area contributed by atoms with Gasteiger partial charge in [0.15, 0.2) is 6.29 Å². The van der Waals surface area contributed by atoms with E-state index in [0.29, 0.717) is 5.56 Å². The van der Waals surface area contributed by atoms with Crippen molar-refractivity contribution in [1.82, 2.24) is 15.3 Å². The Hall–Kier alpha value is -5.64. The Balaban J connectivity index is 0.000000216. The van der Waals surface area contributed by atoms with Crippen LogP contribution in [0.25, 0.3) is 22.0 Å². The first-order valence-electron chi connectivity index (χ1n) is 16.0. The number of aliphatic carboxylic acids is 1. The summed E-state index contributed by atoms with van der Waals surface area (Å²) < 4.78 is 10.0. The number of rotatable bonds is 8. The first-order valence-corrected chi connectivity index (χ1v) is 16.0. The normalized spacial score (nSPS) is 19.4. The number of nitrogens with two attached hydrogens (primary N) is 1. The van der Waals surface area contributed by atoms with Crippen LogP contribution in [-0.4, -0.2) is 97.3 Å². The van der Waals surface area contributed by atoms with Crippen molar-refractivity contribution in [3.05, 3.63) is 126 Å². The standard InChI is InChI=1S/C26H22N2O4.C6H6N2O.C5H10O5/c29-25(30)24(13-16-14-27-23-12-6-5-7-17(16)23)28-26(31)32-15-22-20-10-3-1-8-18(20)19-9-2-4-11-21(19)22;7-6(9)5-2-1-3-8-4-5;6-1-2-3(7)4(8)5(9)10-2/h1-12,14,22,24,27H,13,15H2,(H,28,31)(H,29,30);1-4H,(H2,7,9);2-9H,1H2/t24-;;2-,3-,4-,5?/m0.1/s1. The quantitative estimate of drug-likeness (QED) is 0.117. The molecule has 2 aliphatic rings. The first kappa shape index (κ1) is 36.6. The molecule has 3 aromatic carbocycles. The average Bonchev–Trinajstić information content (AvgIpc) is 3.79. The second-order valence-electron chi connectivity index (χ2n) is 11.8. The minimum Gasteiger partial charge on any atom is -0.480 e. The van der Waals surface area contributed by atoms with Crippen LogP contribution in [0, 0.1) is 0 Å². The van der Waals surface area contributed by atoms with Crippen LogP contribution < -0.4 is 11.1 Å². The van der Waals surface area contributed by atoms with E-state index in [-0.39, 0.29) is 18.9 Å². The number of pyridine rings is 1. The van der Waals surface area contributed by atoms with Crippen molar-refractivity contribution >= 4 is 28.9 Å². The Morgan fingerprint density at radius 2 is 1.55 bits per heavy atom. The third-order valence-electron chi connectivity index (χ3n) is 8.50. The molecule has 51 heavy (non-hydrogen) atoms. The predicted molar refractivity (Wildman–Crippen MR) is 184 cm³/mol. The highest BCUT2D eigenvalue weighted by Gasteiger charge is 2.41. The maximum atomic E-state index is 12.5. The predicted octanol–water partition coefficient (Wildman–Crippen LogP) is 2.30. The molecule has 7 rings (SSSR count). The largest absolute Gasteiger partial charge is 0.480 e. The van der Waals surface area contributed by atoms with E-state index in [0.717, 1.165) is 38.7 Å². The maximum absolute atomic E-state index is 12.5. The number of nitrogens with one attached hydrogen (secondary N) is 2. The number of primary amides is 1. The topological polar surface area (TPSA) is 238 Å². The molecule has 2 amide bonds. The van der Waals surface area contributed by atoms with Gasteiger partial charge in [-0.15, -0.1) is 0 Å². The Bertz CT molecular complexity index is 1910. The number of aromatic nitrogens is 2. The zero-order valence-electron chi connectivity index (χ0n) is 27.2. The summed E-state index contributed by atoms with van der Waals surface area (Å²) in [4.78, 5) is 41.5. The molecule has 14 nitrogen and oxygen atoms in total. The number of carbonyl (C=O) groups is 3. The number of H-pyrrole nitrogens is 1. The lowest BCUT2D eigenvalue weighted by Crippen LogP contribution is -2.42. The number of aromatic amines is 1. The van der Waals surface area contributed by atoms with Gasteiger partial charge < -0.3 is 51.0 Å². The molecule has 1 unspecified atom stereocenters. The molecule has 0 radical (unpaired) electrons. The molecule has 0 saturated carbocycles. The van der Waals surface area contributed by atoms with Gasteiger partial charge in [0.05, 0.1) is 12.2 Å². The summed E-state index contributed by atoms with van der Waals surface area (Å²) in [7, 11) is 0. The zero-order chi connectivity index (χ0) is 36.5. The molecule has 5 aromatic rings. The second-order valence-corrected chi connectivity index (χ2v) is 11.8. The Morgan fingerprint density at radius 3 is 2.08 bits per heavy atom. The SMILES string of the molecule is NC(=O)c1cccnc1.O=C(N[C@@H](Cc1c[nH]c2ccccc12)C(=O)O)OCC1c2ccccc2-c2ccccc21.OC[C@H]1OC(O)[C@H](O)[C@@H]1O. The first-order chi connectivity index (χ1) is 24.6. The molecule has 1 saturated heterocycles. The summed E-state index contributed by atoms with van der Waals surface area (Å²) in [6, 6.07) is 26.0. The maximum Gasteiger partial charge on any atom is 0.407 e. The van der Waals surface area contributed by atoms with E-state index in [4.69, 9.17) is 30.9 Å². The summed E-state index contributed by atoms with van der Waals surface area (Å²) in [5, 5.41) is 48.1. The molecule has 0 spiro atoms. The molecule has 0 bridgehead atoms. The average molecular weight is 699 g/mol. The van der Waals surface area contributed by atoms with E-state index in [1.807, 2.05) is 60.7 Å². The number of benzene rings is 3. The van der Waals surface area contributed by atoms with Crippen molar-refractivity contribution in [3.63, 3.8) is 0 Å². The van der Waals surface area contributed by atoms with Gasteiger partial charge in [-0.2, -0.15) is 0 Å². The fourth-order valence-electron chi connectivity index (χ4n) is 5.89. The van der Waals surface area contributed by atoms with Crippen LogP contribution in [0.4, 0.5) is 4.79 Å². The highest BCUT2D eigenvalue weighted by molar-refractivity contribution is 5.92. The number of para-hydroxylation sites is 1. The third-order valence-corrected chi connectivity index (χ3v) is 8.50. The Labute approximate surface area is 292 Å². The minimum atomic E-state index is -1.38. The van der Waals surface area contributed by atoms with E-state index in [1.165, 1.54) is 6.20 Å². The lowest BCUT2D eigenvalue weighted by atomic mass is 9.98. The van der Waals surface area contributed by atoms with Crippen LogP contribution in [0.15, 0.2) is 104 Å². The number of aliphatic hydroxyl groups excluding tert-OH is 4. The molecular weight excluding hydrogens is 660 g/mol. The van der Waals surface area contributed by atoms with Gasteiger partial charge in [0.1, 0.15) is 31.0 Å². The highest BCUT2D eigenvalue weighted by Crippen LogP contribution is 2.44. The van der Waals surface area contributed by atoms with Crippen molar-refractivity contribution in [2.45, 2.75) is 43.0 Å². The number of ether oxygens (including phenoxy) is 2. The zero-order valence-corrected chi connectivity index (χ0v) is 27.2. The monoisotopic (exact) mass is 698 g/mol. The van der Waals surface area contributed by atoms with Crippen molar-refractivity contribution < 1.29 is 49.4 Å². The summed E-state index contributed by atoms with van der Waals surface area (Å²) in [6.07, 6.45) is -0.536. The number of carboxylic acids is 1. The number of carboxylic acid groups (broad SMARTS) is 1. The van der Waals surface area contributed by atoms with E-state index in [1.54, 1.807) is 24.5 Å². The Kier molecular flexibility index (Phi) is 12.1. The Morgan fingerprint density at radius 1 is 0.902 bits per heavy atom. The summed E-state index contributed by atoms with van der Waals surface area (Å²) in [5.41, 5.74) is 11.6. The van der Waals surface area contributed by atoms with Gasteiger partial charge in [-0.1, -0.05) is 66.7 Å². The summed E-state index contributed by atoms with van der Waals surface area (Å²) in [5.74, 6) is -1.63. The number of hydrogen-bond donors (Lipinski definition) is 8. The molecule has 1 aliphatic carbocycles. The number of nitrogens with zero attached hydrogens (tertiary/aromatic N) is 1. The minimum absolute atomic E-state index is 0.0787.